The van der Waals surface area contributed by atoms with Gasteiger partial charge < -0.3 is 9.52 Å². The quantitative estimate of drug-likeness (QED) is 0.914. The predicted octanol–water partition coefficient (Wildman–Crippen LogP) is 1.99. The molecule has 1 atom stereocenters. The van der Waals surface area contributed by atoms with Gasteiger partial charge in [0.05, 0.1) is 22.2 Å². The maximum absolute atomic E-state index is 11.9. The molecule has 0 aliphatic heterocycles. The summed E-state index contributed by atoms with van der Waals surface area (Å²) in [7, 11) is -1.43. The van der Waals surface area contributed by atoms with Crippen molar-refractivity contribution in [3.63, 3.8) is 0 Å². The molecule has 0 radical (unpaired) electrons. The average Bonchev–Trinajstić information content (AvgIpc) is 2.78. The van der Waals surface area contributed by atoms with Gasteiger partial charge in [-0.05, 0) is 31.2 Å². The van der Waals surface area contributed by atoms with Crippen molar-refractivity contribution in [1.82, 2.24) is 4.98 Å². The lowest BCUT2D eigenvalue weighted by atomic mass is 10.3. The van der Waals surface area contributed by atoms with E-state index in [4.69, 9.17) is 9.52 Å². The van der Waals surface area contributed by atoms with Gasteiger partial charge in [-0.1, -0.05) is 6.07 Å². The molecule has 2 aromatic heterocycles. The Labute approximate surface area is 106 Å². The summed E-state index contributed by atoms with van der Waals surface area (Å²) in [5.41, 5.74) is 1.52. The highest BCUT2D eigenvalue weighted by atomic mass is 32.2. The number of aromatic carboxylic acids is 1. The molecule has 0 saturated heterocycles. The van der Waals surface area contributed by atoms with Crippen molar-refractivity contribution in [2.45, 2.75) is 17.8 Å². The maximum Gasteiger partial charge on any atom is 0.371 e. The Morgan fingerprint density at radius 2 is 2.17 bits per heavy atom. The molecule has 0 fully saturated rings. The summed E-state index contributed by atoms with van der Waals surface area (Å²) in [5.74, 6) is -1.18. The zero-order valence-corrected chi connectivity index (χ0v) is 10.4. The molecule has 18 heavy (non-hydrogen) atoms. The topological polar surface area (TPSA) is 80.4 Å². The van der Waals surface area contributed by atoms with Gasteiger partial charge in [0.2, 0.25) is 5.76 Å². The molecule has 2 rings (SSSR count). The first-order valence-electron chi connectivity index (χ1n) is 5.20. The Bertz CT molecular complexity index is 606. The number of nitrogens with zero attached hydrogens (tertiary/aromatic N) is 1. The molecule has 0 aliphatic carbocycles. The Kier molecular flexibility index (Phi) is 3.57. The van der Waals surface area contributed by atoms with E-state index >= 15 is 0 Å². The van der Waals surface area contributed by atoms with Crippen molar-refractivity contribution in [3.8, 4) is 0 Å². The van der Waals surface area contributed by atoms with E-state index in [9.17, 15) is 9.00 Å². The minimum absolute atomic E-state index is 0.149. The normalized spacial score (nSPS) is 12.3. The fraction of sp³-hybridized carbons (Fsp3) is 0.167. The van der Waals surface area contributed by atoms with E-state index < -0.39 is 16.8 Å². The van der Waals surface area contributed by atoms with Crippen LogP contribution in [0, 0.1) is 6.92 Å². The highest BCUT2D eigenvalue weighted by molar-refractivity contribution is 7.84. The molecule has 0 aromatic carbocycles. The van der Waals surface area contributed by atoms with E-state index in [1.807, 2.05) is 19.1 Å². The van der Waals surface area contributed by atoms with Crippen molar-refractivity contribution < 1.29 is 18.5 Å². The third kappa shape index (κ3) is 2.84. The molecule has 0 amide bonds. The van der Waals surface area contributed by atoms with Gasteiger partial charge in [0.25, 0.3) is 0 Å². The lowest BCUT2D eigenvalue weighted by molar-refractivity contribution is 0.0656. The van der Waals surface area contributed by atoms with E-state index in [2.05, 4.69) is 4.98 Å². The molecule has 6 heteroatoms. The fourth-order valence-corrected chi connectivity index (χ4v) is 2.42. The van der Waals surface area contributed by atoms with Crippen LogP contribution in [0.25, 0.3) is 0 Å². The molecule has 94 valence electrons. The largest absolute Gasteiger partial charge is 0.475 e. The maximum atomic E-state index is 11.9. The van der Waals surface area contributed by atoms with Crippen LogP contribution in [-0.4, -0.2) is 20.3 Å². The average molecular weight is 265 g/mol. The van der Waals surface area contributed by atoms with Gasteiger partial charge in [-0.15, -0.1) is 0 Å². The highest BCUT2D eigenvalue weighted by Gasteiger charge is 2.14. The first kappa shape index (κ1) is 12.5. The molecule has 0 saturated carbocycles. The van der Waals surface area contributed by atoms with Crippen LogP contribution in [0.4, 0.5) is 0 Å². The lowest BCUT2D eigenvalue weighted by Gasteiger charge is -2.00. The summed E-state index contributed by atoms with van der Waals surface area (Å²) in [4.78, 5) is 14.9. The monoisotopic (exact) mass is 265 g/mol. The van der Waals surface area contributed by atoms with Crippen molar-refractivity contribution in [2.75, 3.05) is 0 Å². The third-order valence-electron chi connectivity index (χ3n) is 2.24. The summed E-state index contributed by atoms with van der Waals surface area (Å²) in [6.07, 6.45) is 0. The summed E-state index contributed by atoms with van der Waals surface area (Å²) in [5, 5.41) is 8.85. The Balaban J connectivity index is 2.14. The van der Waals surface area contributed by atoms with Crippen molar-refractivity contribution >= 4 is 16.8 Å². The minimum Gasteiger partial charge on any atom is -0.475 e. The number of aromatic nitrogens is 1. The molecular formula is C12H11NO4S. The number of hydrogen-bond acceptors (Lipinski definition) is 4. The second-order valence-electron chi connectivity index (χ2n) is 3.68. The van der Waals surface area contributed by atoms with Gasteiger partial charge in [-0.3, -0.25) is 9.19 Å². The first-order valence-corrected chi connectivity index (χ1v) is 6.52. The Morgan fingerprint density at radius 3 is 2.78 bits per heavy atom. The number of pyridine rings is 1. The summed E-state index contributed by atoms with van der Waals surface area (Å²) < 4.78 is 16.9. The fourth-order valence-electron chi connectivity index (χ4n) is 1.44. The van der Waals surface area contributed by atoms with E-state index in [-0.39, 0.29) is 16.6 Å². The van der Waals surface area contributed by atoms with E-state index in [1.54, 1.807) is 6.07 Å². The summed E-state index contributed by atoms with van der Waals surface area (Å²) in [6, 6.07) is 8.15. The molecule has 2 heterocycles. The molecule has 1 N–H and O–H groups in total. The SMILES string of the molecule is Cc1cccc(CS(=O)c2ccc(C(=O)O)o2)n1. The van der Waals surface area contributed by atoms with Gasteiger partial charge in [0.1, 0.15) is 0 Å². The van der Waals surface area contributed by atoms with Crippen molar-refractivity contribution in [3.05, 3.63) is 47.5 Å². The second kappa shape index (κ2) is 5.14. The molecule has 2 aromatic rings. The molecule has 0 bridgehead atoms. The van der Waals surface area contributed by atoms with Gasteiger partial charge in [0.15, 0.2) is 5.09 Å². The number of carboxylic acid groups (broad SMARTS) is 1. The van der Waals surface area contributed by atoms with Crippen LogP contribution in [0.15, 0.2) is 39.8 Å². The number of rotatable bonds is 4. The highest BCUT2D eigenvalue weighted by Crippen LogP contribution is 2.15. The number of aryl methyl sites for hydroxylation is 1. The first-order chi connectivity index (χ1) is 8.56. The molecule has 5 nitrogen and oxygen atoms in total. The summed E-state index contributed by atoms with van der Waals surface area (Å²) >= 11 is 0. The zero-order chi connectivity index (χ0) is 13.1. The van der Waals surface area contributed by atoms with Crippen LogP contribution < -0.4 is 0 Å². The smallest absolute Gasteiger partial charge is 0.371 e. The molecular weight excluding hydrogens is 254 g/mol. The number of carboxylic acids is 1. The minimum atomic E-state index is -1.43. The van der Waals surface area contributed by atoms with Crippen LogP contribution in [0.2, 0.25) is 0 Å². The van der Waals surface area contributed by atoms with Crippen molar-refractivity contribution in [1.29, 1.82) is 0 Å². The molecule has 0 spiro atoms. The van der Waals surface area contributed by atoms with Gasteiger partial charge in [-0.25, -0.2) is 4.79 Å². The van der Waals surface area contributed by atoms with Crippen molar-refractivity contribution in [2.24, 2.45) is 0 Å². The van der Waals surface area contributed by atoms with Gasteiger partial charge >= 0.3 is 5.97 Å². The van der Waals surface area contributed by atoms with Gasteiger partial charge in [-0.2, -0.15) is 0 Å². The third-order valence-corrected chi connectivity index (χ3v) is 3.47. The molecule has 0 aliphatic rings. The number of hydrogen-bond donors (Lipinski definition) is 1. The van der Waals surface area contributed by atoms with Crippen LogP contribution >= 0.6 is 0 Å². The predicted molar refractivity (Wildman–Crippen MR) is 64.8 cm³/mol. The summed E-state index contributed by atoms with van der Waals surface area (Å²) in [6.45, 7) is 1.85. The van der Waals surface area contributed by atoms with Crippen LogP contribution in [-0.2, 0) is 16.6 Å². The molecule has 1 unspecified atom stereocenters. The van der Waals surface area contributed by atoms with E-state index in [0.29, 0.717) is 5.69 Å². The zero-order valence-electron chi connectivity index (χ0n) is 9.62. The van der Waals surface area contributed by atoms with Crippen LogP contribution in [0.5, 0.6) is 0 Å². The standard InChI is InChI=1S/C12H11NO4S/c1-8-3-2-4-9(13-8)7-18(16)11-6-5-10(17-11)12(14)15/h2-6H,7H2,1H3,(H,14,15). The lowest BCUT2D eigenvalue weighted by Crippen LogP contribution is -1.99. The van der Waals surface area contributed by atoms with E-state index in [1.165, 1.54) is 12.1 Å². The van der Waals surface area contributed by atoms with E-state index in [0.717, 1.165) is 5.69 Å². The van der Waals surface area contributed by atoms with Gasteiger partial charge in [0, 0.05) is 5.69 Å². The van der Waals surface area contributed by atoms with Crippen LogP contribution in [0.3, 0.4) is 0 Å². The second-order valence-corrected chi connectivity index (χ2v) is 5.07. The Hall–Kier alpha value is -1.95. The van der Waals surface area contributed by atoms with Crippen LogP contribution in [0.1, 0.15) is 21.9 Å². The number of carbonyl (C=O) groups is 1. The Morgan fingerprint density at radius 1 is 1.39 bits per heavy atom. The number of furan rings is 1.